The number of primary amides is 1. The molecule has 1 rings (SSSR count). The summed E-state index contributed by atoms with van der Waals surface area (Å²) in [7, 11) is 0. The van der Waals surface area contributed by atoms with Gasteiger partial charge in [-0.2, -0.15) is 0 Å². The first-order chi connectivity index (χ1) is 6.47. The Balaban J connectivity index is 3.12. The molecule has 14 heavy (non-hydrogen) atoms. The molecule has 0 aliphatic heterocycles. The predicted octanol–water partition coefficient (Wildman–Crippen LogP) is -0.620. The first-order valence-corrected chi connectivity index (χ1v) is 4.06. The third kappa shape index (κ3) is 2.07. The Kier molecular flexibility index (Phi) is 2.83. The van der Waals surface area contributed by atoms with Crippen molar-refractivity contribution in [1.82, 2.24) is 4.98 Å². The van der Waals surface area contributed by atoms with Crippen LogP contribution in [0.3, 0.4) is 0 Å². The number of carbonyl (C=O) groups excluding carboxylic acids is 1. The van der Waals surface area contributed by atoms with E-state index in [4.69, 9.17) is 10.8 Å². The highest BCUT2D eigenvalue weighted by Crippen LogP contribution is 2.19. The molecular weight excluding hydrogens is 184 g/mol. The van der Waals surface area contributed by atoms with Gasteiger partial charge < -0.3 is 15.9 Å². The van der Waals surface area contributed by atoms with Crippen molar-refractivity contribution in [2.75, 3.05) is 6.61 Å². The van der Waals surface area contributed by atoms with Gasteiger partial charge in [-0.1, -0.05) is 0 Å². The van der Waals surface area contributed by atoms with E-state index in [1.54, 1.807) is 0 Å². The molecule has 0 saturated carbocycles. The van der Waals surface area contributed by atoms with Gasteiger partial charge in [-0.3, -0.25) is 9.78 Å². The minimum absolute atomic E-state index is 0.205. The van der Waals surface area contributed by atoms with Crippen LogP contribution in [0.5, 0.6) is 0 Å². The van der Waals surface area contributed by atoms with Gasteiger partial charge in [-0.25, -0.2) is 0 Å². The quantitative estimate of drug-likeness (QED) is 0.600. The maximum absolute atomic E-state index is 10.8. The van der Waals surface area contributed by atoms with Crippen LogP contribution in [0.1, 0.15) is 22.8 Å². The molecule has 1 aromatic heterocycles. The van der Waals surface area contributed by atoms with Crippen LogP contribution in [-0.4, -0.2) is 27.7 Å². The standard InChI is InChI=1S/C9H12N2O3/c1-9(14,5-12)7-2-6(8(10)13)3-11-4-7/h2-4,12,14H,5H2,1H3,(H2,10,13)/t9-/m1/s1. The van der Waals surface area contributed by atoms with Crippen molar-refractivity contribution in [2.24, 2.45) is 5.73 Å². The highest BCUT2D eigenvalue weighted by molar-refractivity contribution is 5.92. The molecule has 0 saturated heterocycles. The van der Waals surface area contributed by atoms with Crippen LogP contribution in [0, 0.1) is 0 Å². The van der Waals surface area contributed by atoms with Crippen molar-refractivity contribution in [3.8, 4) is 0 Å². The van der Waals surface area contributed by atoms with Gasteiger partial charge in [0, 0.05) is 18.0 Å². The summed E-state index contributed by atoms with van der Waals surface area (Å²) in [6, 6.07) is 1.41. The van der Waals surface area contributed by atoms with E-state index in [1.165, 1.54) is 25.4 Å². The number of hydrogen-bond acceptors (Lipinski definition) is 4. The van der Waals surface area contributed by atoms with Crippen molar-refractivity contribution >= 4 is 5.91 Å². The van der Waals surface area contributed by atoms with Crippen molar-refractivity contribution in [3.05, 3.63) is 29.6 Å². The summed E-state index contributed by atoms with van der Waals surface area (Å²) >= 11 is 0. The summed E-state index contributed by atoms with van der Waals surface area (Å²) in [5.41, 5.74) is 4.20. The largest absolute Gasteiger partial charge is 0.393 e. The Morgan fingerprint density at radius 2 is 2.29 bits per heavy atom. The van der Waals surface area contributed by atoms with Crippen LogP contribution >= 0.6 is 0 Å². The molecule has 4 N–H and O–H groups in total. The highest BCUT2D eigenvalue weighted by Gasteiger charge is 2.22. The van der Waals surface area contributed by atoms with Crippen LogP contribution < -0.4 is 5.73 Å². The van der Waals surface area contributed by atoms with Crippen LogP contribution in [0.2, 0.25) is 0 Å². The summed E-state index contributed by atoms with van der Waals surface area (Å²) in [6.45, 7) is 0.978. The summed E-state index contributed by atoms with van der Waals surface area (Å²) in [4.78, 5) is 14.6. The number of nitrogens with zero attached hydrogens (tertiary/aromatic N) is 1. The zero-order valence-corrected chi connectivity index (χ0v) is 7.77. The van der Waals surface area contributed by atoms with Crippen LogP contribution in [0.25, 0.3) is 0 Å². The summed E-state index contributed by atoms with van der Waals surface area (Å²) in [5, 5.41) is 18.5. The van der Waals surface area contributed by atoms with E-state index in [-0.39, 0.29) is 5.56 Å². The second-order valence-electron chi connectivity index (χ2n) is 3.26. The molecule has 0 aliphatic carbocycles. The van der Waals surface area contributed by atoms with E-state index in [1.807, 2.05) is 0 Å². The lowest BCUT2D eigenvalue weighted by Crippen LogP contribution is -2.26. The Hall–Kier alpha value is -1.46. The fourth-order valence-electron chi connectivity index (χ4n) is 0.961. The van der Waals surface area contributed by atoms with Crippen LogP contribution in [-0.2, 0) is 5.60 Å². The first-order valence-electron chi connectivity index (χ1n) is 4.06. The molecule has 1 atom stereocenters. The third-order valence-corrected chi connectivity index (χ3v) is 1.95. The van der Waals surface area contributed by atoms with Gasteiger partial charge in [0.1, 0.15) is 5.60 Å². The van der Waals surface area contributed by atoms with Crippen molar-refractivity contribution < 1.29 is 15.0 Å². The van der Waals surface area contributed by atoms with E-state index in [2.05, 4.69) is 4.98 Å². The van der Waals surface area contributed by atoms with Gasteiger partial charge in [-0.15, -0.1) is 0 Å². The molecule has 0 radical (unpaired) electrons. The molecule has 0 unspecified atom stereocenters. The van der Waals surface area contributed by atoms with Crippen molar-refractivity contribution in [2.45, 2.75) is 12.5 Å². The Morgan fingerprint density at radius 3 is 2.79 bits per heavy atom. The second-order valence-corrected chi connectivity index (χ2v) is 3.26. The molecule has 1 amide bonds. The number of aromatic nitrogens is 1. The van der Waals surface area contributed by atoms with Gasteiger partial charge in [0.05, 0.1) is 12.2 Å². The van der Waals surface area contributed by atoms with Gasteiger partial charge in [-0.05, 0) is 13.0 Å². The predicted molar refractivity (Wildman–Crippen MR) is 49.4 cm³/mol. The summed E-state index contributed by atoms with van der Waals surface area (Å²) < 4.78 is 0. The Morgan fingerprint density at radius 1 is 1.64 bits per heavy atom. The molecule has 0 bridgehead atoms. The van der Waals surface area contributed by atoms with Crippen LogP contribution in [0.15, 0.2) is 18.5 Å². The molecule has 5 nitrogen and oxygen atoms in total. The topological polar surface area (TPSA) is 96.4 Å². The van der Waals surface area contributed by atoms with E-state index >= 15 is 0 Å². The lowest BCUT2D eigenvalue weighted by Gasteiger charge is -2.20. The number of aliphatic hydroxyl groups excluding tert-OH is 1. The molecule has 0 fully saturated rings. The molecule has 0 aliphatic rings. The fourth-order valence-corrected chi connectivity index (χ4v) is 0.961. The van der Waals surface area contributed by atoms with E-state index in [0.29, 0.717) is 5.56 Å². The monoisotopic (exact) mass is 196 g/mol. The second kappa shape index (κ2) is 3.73. The number of aliphatic hydroxyl groups is 2. The number of amides is 1. The fraction of sp³-hybridized carbons (Fsp3) is 0.333. The molecule has 1 aromatic rings. The third-order valence-electron chi connectivity index (χ3n) is 1.95. The number of carbonyl (C=O) groups is 1. The summed E-state index contributed by atoms with van der Waals surface area (Å²) in [5.74, 6) is -0.618. The Bertz CT molecular complexity index is 350. The minimum atomic E-state index is -1.40. The molecule has 76 valence electrons. The highest BCUT2D eigenvalue weighted by atomic mass is 16.3. The van der Waals surface area contributed by atoms with E-state index in [9.17, 15) is 9.90 Å². The molecular formula is C9H12N2O3. The normalized spacial score (nSPS) is 14.8. The Labute approximate surface area is 81.2 Å². The average molecular weight is 196 g/mol. The molecule has 0 spiro atoms. The van der Waals surface area contributed by atoms with Gasteiger partial charge in [0.15, 0.2) is 0 Å². The molecule has 0 aromatic carbocycles. The van der Waals surface area contributed by atoms with E-state index < -0.39 is 18.1 Å². The van der Waals surface area contributed by atoms with Gasteiger partial charge in [0.2, 0.25) is 5.91 Å². The zero-order valence-electron chi connectivity index (χ0n) is 7.77. The maximum Gasteiger partial charge on any atom is 0.250 e. The SMILES string of the molecule is C[C@@](O)(CO)c1cncc(C(N)=O)c1. The lowest BCUT2D eigenvalue weighted by molar-refractivity contribution is -0.00258. The number of rotatable bonds is 3. The van der Waals surface area contributed by atoms with Crippen LogP contribution in [0.4, 0.5) is 0 Å². The van der Waals surface area contributed by atoms with E-state index in [0.717, 1.165) is 0 Å². The average Bonchev–Trinajstić information content (AvgIpc) is 2.18. The summed E-state index contributed by atoms with van der Waals surface area (Å²) in [6.07, 6.45) is 2.68. The van der Waals surface area contributed by atoms with Gasteiger partial charge in [0.25, 0.3) is 0 Å². The maximum atomic E-state index is 10.8. The first kappa shape index (κ1) is 10.6. The molecule has 1 heterocycles. The lowest BCUT2D eigenvalue weighted by atomic mass is 9.98. The number of hydrogen-bond donors (Lipinski definition) is 3. The molecule has 5 heteroatoms. The zero-order chi connectivity index (χ0) is 10.8. The minimum Gasteiger partial charge on any atom is -0.393 e. The van der Waals surface area contributed by atoms with Crippen molar-refractivity contribution in [1.29, 1.82) is 0 Å². The smallest absolute Gasteiger partial charge is 0.250 e. The number of pyridine rings is 1. The number of nitrogens with two attached hydrogens (primary N) is 1. The van der Waals surface area contributed by atoms with Crippen molar-refractivity contribution in [3.63, 3.8) is 0 Å². The van der Waals surface area contributed by atoms with Gasteiger partial charge >= 0.3 is 0 Å².